The van der Waals surface area contributed by atoms with Crippen LogP contribution in [0.2, 0.25) is 0 Å². The molecule has 0 spiro atoms. The Morgan fingerprint density at radius 1 is 1.05 bits per heavy atom. The molecule has 1 aromatic carbocycles. The summed E-state index contributed by atoms with van der Waals surface area (Å²) in [6, 6.07) is 4.86. The summed E-state index contributed by atoms with van der Waals surface area (Å²) in [7, 11) is -0.448. The van der Waals surface area contributed by atoms with E-state index in [2.05, 4.69) is 18.7 Å². The highest BCUT2D eigenvalue weighted by atomic mass is 19.1. The van der Waals surface area contributed by atoms with Crippen molar-refractivity contribution in [2.75, 3.05) is 13.1 Å². The number of halogens is 1. The van der Waals surface area contributed by atoms with Crippen LogP contribution in [0.15, 0.2) is 18.2 Å². The fourth-order valence-electron chi connectivity index (χ4n) is 2.60. The maximum atomic E-state index is 13.7. The second-order valence-corrected chi connectivity index (χ2v) is 6.89. The number of hydrogen-bond acceptors (Lipinski definition) is 3. The highest BCUT2D eigenvalue weighted by Gasteiger charge is 2.52. The number of hydrogen-bond donors (Lipinski definition) is 0. The van der Waals surface area contributed by atoms with Crippen LogP contribution in [-0.4, -0.2) is 36.3 Å². The molecule has 1 fully saturated rings. The molecule has 0 radical (unpaired) electrons. The van der Waals surface area contributed by atoms with E-state index in [1.165, 1.54) is 6.07 Å². The van der Waals surface area contributed by atoms with Crippen LogP contribution in [-0.2, 0) is 15.9 Å². The van der Waals surface area contributed by atoms with Crippen molar-refractivity contribution in [1.82, 2.24) is 4.90 Å². The summed E-state index contributed by atoms with van der Waals surface area (Å²) in [5, 5.41) is 0. The third kappa shape index (κ3) is 3.37. The van der Waals surface area contributed by atoms with Crippen molar-refractivity contribution in [1.29, 1.82) is 0 Å². The van der Waals surface area contributed by atoms with Gasteiger partial charge in [0, 0.05) is 6.54 Å². The largest absolute Gasteiger partial charge is 0.495 e. The van der Waals surface area contributed by atoms with Gasteiger partial charge in [-0.15, -0.1) is 0 Å². The predicted molar refractivity (Wildman–Crippen MR) is 88.7 cm³/mol. The molecule has 5 heteroatoms. The Balaban J connectivity index is 2.32. The van der Waals surface area contributed by atoms with Crippen molar-refractivity contribution in [3.8, 4) is 0 Å². The standard InChI is InChI=1S/C17H27BFNO2/c1-7-20(8-2)12-13-11-14(19)9-10-15(13)18-21-16(3,4)17(5,6)22-18/h9-11H,7-8,12H2,1-6H3. The Morgan fingerprint density at radius 3 is 2.09 bits per heavy atom. The van der Waals surface area contributed by atoms with E-state index in [0.29, 0.717) is 6.54 Å². The van der Waals surface area contributed by atoms with E-state index in [0.717, 1.165) is 24.1 Å². The SMILES string of the molecule is CCN(CC)Cc1cc(F)ccc1B1OC(C)(C)C(C)(C)O1. The predicted octanol–water partition coefficient (Wildman–Crippen LogP) is 2.97. The van der Waals surface area contributed by atoms with E-state index in [1.807, 2.05) is 27.7 Å². The van der Waals surface area contributed by atoms with Gasteiger partial charge in [0.2, 0.25) is 0 Å². The highest BCUT2D eigenvalue weighted by Crippen LogP contribution is 2.36. The van der Waals surface area contributed by atoms with Crippen LogP contribution in [0.25, 0.3) is 0 Å². The molecule has 1 aliphatic rings. The van der Waals surface area contributed by atoms with E-state index in [9.17, 15) is 4.39 Å². The summed E-state index contributed by atoms with van der Waals surface area (Å²) >= 11 is 0. The Bertz CT molecular complexity index is 513. The van der Waals surface area contributed by atoms with Crippen LogP contribution in [0.3, 0.4) is 0 Å². The molecular weight excluding hydrogens is 280 g/mol. The number of nitrogens with zero attached hydrogens (tertiary/aromatic N) is 1. The van der Waals surface area contributed by atoms with Crippen LogP contribution in [0.5, 0.6) is 0 Å². The van der Waals surface area contributed by atoms with Crippen LogP contribution < -0.4 is 5.46 Å². The van der Waals surface area contributed by atoms with Gasteiger partial charge in [-0.2, -0.15) is 0 Å². The molecule has 1 aliphatic heterocycles. The van der Waals surface area contributed by atoms with Gasteiger partial charge in [0.15, 0.2) is 0 Å². The fourth-order valence-corrected chi connectivity index (χ4v) is 2.60. The maximum Gasteiger partial charge on any atom is 0.495 e. The van der Waals surface area contributed by atoms with E-state index >= 15 is 0 Å². The van der Waals surface area contributed by atoms with Gasteiger partial charge in [-0.25, -0.2) is 4.39 Å². The number of benzene rings is 1. The Labute approximate surface area is 133 Å². The third-order valence-corrected chi connectivity index (χ3v) is 4.90. The first-order valence-corrected chi connectivity index (χ1v) is 8.06. The van der Waals surface area contributed by atoms with Crippen molar-refractivity contribution in [2.24, 2.45) is 0 Å². The number of rotatable bonds is 5. The van der Waals surface area contributed by atoms with Crippen molar-refractivity contribution >= 4 is 12.6 Å². The molecule has 122 valence electrons. The van der Waals surface area contributed by atoms with Crippen molar-refractivity contribution in [3.63, 3.8) is 0 Å². The van der Waals surface area contributed by atoms with E-state index in [1.54, 1.807) is 12.1 Å². The van der Waals surface area contributed by atoms with E-state index in [4.69, 9.17) is 9.31 Å². The molecule has 2 rings (SSSR count). The second-order valence-electron chi connectivity index (χ2n) is 6.89. The molecule has 0 bridgehead atoms. The lowest BCUT2D eigenvalue weighted by Gasteiger charge is -2.32. The lowest BCUT2D eigenvalue weighted by Crippen LogP contribution is -2.41. The molecule has 0 saturated carbocycles. The molecule has 3 nitrogen and oxygen atoms in total. The maximum absolute atomic E-state index is 13.7. The molecule has 22 heavy (non-hydrogen) atoms. The van der Waals surface area contributed by atoms with Crippen LogP contribution in [0.4, 0.5) is 4.39 Å². The Morgan fingerprint density at radius 2 is 1.59 bits per heavy atom. The monoisotopic (exact) mass is 307 g/mol. The topological polar surface area (TPSA) is 21.7 Å². The quantitative estimate of drug-likeness (QED) is 0.781. The zero-order chi connectivity index (χ0) is 16.5. The van der Waals surface area contributed by atoms with Gasteiger partial charge in [0.05, 0.1) is 11.2 Å². The van der Waals surface area contributed by atoms with Crippen LogP contribution >= 0.6 is 0 Å². The summed E-state index contributed by atoms with van der Waals surface area (Å²) in [5.74, 6) is -0.220. The first kappa shape index (κ1) is 17.4. The lowest BCUT2D eigenvalue weighted by atomic mass is 9.75. The minimum Gasteiger partial charge on any atom is -0.399 e. The van der Waals surface area contributed by atoms with E-state index in [-0.39, 0.29) is 5.82 Å². The van der Waals surface area contributed by atoms with Gasteiger partial charge in [0.1, 0.15) is 5.82 Å². The van der Waals surface area contributed by atoms with Crippen molar-refractivity contribution in [3.05, 3.63) is 29.6 Å². The smallest absolute Gasteiger partial charge is 0.399 e. The molecule has 0 aromatic heterocycles. The molecule has 1 saturated heterocycles. The van der Waals surface area contributed by atoms with E-state index < -0.39 is 18.3 Å². The fraction of sp³-hybridized carbons (Fsp3) is 0.647. The van der Waals surface area contributed by atoms with Crippen LogP contribution in [0.1, 0.15) is 47.1 Å². The summed E-state index contributed by atoms with van der Waals surface area (Å²) in [6.07, 6.45) is 0. The zero-order valence-corrected chi connectivity index (χ0v) is 14.6. The summed E-state index contributed by atoms with van der Waals surface area (Å²) in [6.45, 7) is 14.9. The van der Waals surface area contributed by atoms with Gasteiger partial charge in [-0.3, -0.25) is 4.90 Å². The lowest BCUT2D eigenvalue weighted by molar-refractivity contribution is 0.00578. The molecule has 0 amide bonds. The summed E-state index contributed by atoms with van der Waals surface area (Å²) < 4.78 is 25.9. The summed E-state index contributed by atoms with van der Waals surface area (Å²) in [5.41, 5.74) is 1.07. The molecule has 1 heterocycles. The van der Waals surface area contributed by atoms with Crippen molar-refractivity contribution in [2.45, 2.75) is 59.3 Å². The first-order chi connectivity index (χ1) is 10.2. The van der Waals surface area contributed by atoms with Crippen molar-refractivity contribution < 1.29 is 13.7 Å². The zero-order valence-electron chi connectivity index (χ0n) is 14.6. The minimum absolute atomic E-state index is 0.220. The Kier molecular flexibility index (Phi) is 5.00. The molecule has 0 aliphatic carbocycles. The van der Waals surface area contributed by atoms with Gasteiger partial charge in [-0.05, 0) is 63.9 Å². The average molecular weight is 307 g/mol. The molecule has 0 atom stereocenters. The van der Waals surface area contributed by atoms with Gasteiger partial charge in [-0.1, -0.05) is 19.9 Å². The highest BCUT2D eigenvalue weighted by molar-refractivity contribution is 6.62. The van der Waals surface area contributed by atoms with Gasteiger partial charge < -0.3 is 9.31 Å². The molecule has 1 aromatic rings. The second kappa shape index (κ2) is 6.30. The normalized spacial score (nSPS) is 19.9. The molecular formula is C17H27BFNO2. The minimum atomic E-state index is -0.448. The average Bonchev–Trinajstić information content (AvgIpc) is 2.64. The third-order valence-electron chi connectivity index (χ3n) is 4.90. The first-order valence-electron chi connectivity index (χ1n) is 8.06. The van der Waals surface area contributed by atoms with Crippen LogP contribution in [0, 0.1) is 5.82 Å². The van der Waals surface area contributed by atoms with Gasteiger partial charge >= 0.3 is 7.12 Å². The molecule has 0 N–H and O–H groups in total. The Hall–Kier alpha value is -0.905. The molecule has 0 unspecified atom stereocenters. The van der Waals surface area contributed by atoms with Gasteiger partial charge in [0.25, 0.3) is 0 Å². The summed E-state index contributed by atoms with van der Waals surface area (Å²) in [4.78, 5) is 2.25.